The summed E-state index contributed by atoms with van der Waals surface area (Å²) in [4.78, 5) is 12.0. The molecule has 0 atom stereocenters. The van der Waals surface area contributed by atoms with E-state index < -0.39 is 0 Å². The topological polar surface area (TPSA) is 47.6 Å². The number of aryl methyl sites for hydroxylation is 1. The summed E-state index contributed by atoms with van der Waals surface area (Å²) in [5.74, 6) is 1.21. The summed E-state index contributed by atoms with van der Waals surface area (Å²) in [6.07, 6.45) is 3.35. The Morgan fingerprint density at radius 2 is 1.92 bits per heavy atom. The zero-order chi connectivity index (χ0) is 18.2. The Hall–Kier alpha value is -2.75. The van der Waals surface area contributed by atoms with Crippen LogP contribution in [0.4, 0.5) is 0 Å². The zero-order valence-electron chi connectivity index (χ0n) is 15.2. The molecule has 25 heavy (non-hydrogen) atoms. The van der Waals surface area contributed by atoms with Gasteiger partial charge in [-0.2, -0.15) is 0 Å². The minimum atomic E-state index is -0.135. The number of nitrogens with one attached hydrogen (secondary N) is 1. The van der Waals surface area contributed by atoms with Crippen molar-refractivity contribution in [3.63, 3.8) is 0 Å². The number of hydrogen-bond donors (Lipinski definition) is 1. The molecule has 0 saturated carbocycles. The van der Waals surface area contributed by atoms with Crippen LogP contribution >= 0.6 is 0 Å². The molecule has 1 amide bonds. The Balaban J connectivity index is 1.98. The second-order valence-corrected chi connectivity index (χ2v) is 6.05. The van der Waals surface area contributed by atoms with Gasteiger partial charge in [-0.1, -0.05) is 30.3 Å². The van der Waals surface area contributed by atoms with E-state index in [9.17, 15) is 4.79 Å². The fourth-order valence-electron chi connectivity index (χ4n) is 2.36. The Morgan fingerprint density at radius 1 is 1.16 bits per heavy atom. The maximum absolute atomic E-state index is 12.0. The van der Waals surface area contributed by atoms with E-state index in [0.29, 0.717) is 18.0 Å². The van der Waals surface area contributed by atoms with Crippen molar-refractivity contribution in [3.8, 4) is 11.5 Å². The molecule has 0 radical (unpaired) electrons. The maximum atomic E-state index is 12.0. The molecule has 2 rings (SSSR count). The van der Waals surface area contributed by atoms with Gasteiger partial charge >= 0.3 is 0 Å². The standard InChI is InChI=1S/C21H25NO3/c1-15(2)25-19-11-9-17(13-20(19)24-4)10-12-21(23)22-14-18-8-6-5-7-16(18)3/h5-13,15H,14H2,1-4H3,(H,22,23)/b12-10+. The first-order valence-corrected chi connectivity index (χ1v) is 8.34. The summed E-state index contributed by atoms with van der Waals surface area (Å²) >= 11 is 0. The normalized spacial score (nSPS) is 10.9. The van der Waals surface area contributed by atoms with Crippen molar-refractivity contribution in [3.05, 3.63) is 65.2 Å². The van der Waals surface area contributed by atoms with Crippen LogP contribution in [-0.4, -0.2) is 19.1 Å². The summed E-state index contributed by atoms with van der Waals surface area (Å²) in [6, 6.07) is 13.6. The van der Waals surface area contributed by atoms with Gasteiger partial charge in [-0.05, 0) is 55.7 Å². The Morgan fingerprint density at radius 3 is 2.60 bits per heavy atom. The highest BCUT2D eigenvalue weighted by Crippen LogP contribution is 2.29. The van der Waals surface area contributed by atoms with E-state index in [0.717, 1.165) is 16.7 Å². The molecule has 0 aliphatic heterocycles. The van der Waals surface area contributed by atoms with Gasteiger partial charge < -0.3 is 14.8 Å². The van der Waals surface area contributed by atoms with E-state index in [1.54, 1.807) is 13.2 Å². The predicted molar refractivity (Wildman–Crippen MR) is 101 cm³/mol. The summed E-state index contributed by atoms with van der Waals surface area (Å²) in [5.41, 5.74) is 3.15. The van der Waals surface area contributed by atoms with Crippen molar-refractivity contribution in [2.75, 3.05) is 7.11 Å². The van der Waals surface area contributed by atoms with Crippen molar-refractivity contribution in [1.29, 1.82) is 0 Å². The van der Waals surface area contributed by atoms with Gasteiger partial charge in [-0.15, -0.1) is 0 Å². The fourth-order valence-corrected chi connectivity index (χ4v) is 2.36. The molecule has 0 aliphatic rings. The molecule has 0 aromatic heterocycles. The second-order valence-electron chi connectivity index (χ2n) is 6.05. The van der Waals surface area contributed by atoms with E-state index in [-0.39, 0.29) is 12.0 Å². The lowest BCUT2D eigenvalue weighted by molar-refractivity contribution is -0.116. The lowest BCUT2D eigenvalue weighted by Crippen LogP contribution is -2.20. The molecule has 0 spiro atoms. The quantitative estimate of drug-likeness (QED) is 0.772. The molecule has 0 fully saturated rings. The van der Waals surface area contributed by atoms with Crippen molar-refractivity contribution in [1.82, 2.24) is 5.32 Å². The van der Waals surface area contributed by atoms with Gasteiger partial charge in [-0.25, -0.2) is 0 Å². The van der Waals surface area contributed by atoms with E-state index in [4.69, 9.17) is 9.47 Å². The number of benzene rings is 2. The third-order valence-electron chi connectivity index (χ3n) is 3.69. The van der Waals surface area contributed by atoms with Crippen LogP contribution in [-0.2, 0) is 11.3 Å². The van der Waals surface area contributed by atoms with E-state index >= 15 is 0 Å². The number of carbonyl (C=O) groups is 1. The molecule has 0 heterocycles. The molecule has 2 aromatic rings. The van der Waals surface area contributed by atoms with Crippen molar-refractivity contribution >= 4 is 12.0 Å². The molecular weight excluding hydrogens is 314 g/mol. The highest BCUT2D eigenvalue weighted by Gasteiger charge is 2.07. The van der Waals surface area contributed by atoms with Crippen LogP contribution in [0.2, 0.25) is 0 Å². The SMILES string of the molecule is COc1cc(/C=C/C(=O)NCc2ccccc2C)ccc1OC(C)C. The highest BCUT2D eigenvalue weighted by atomic mass is 16.5. The second kappa shape index (κ2) is 8.92. The maximum Gasteiger partial charge on any atom is 0.244 e. The third-order valence-corrected chi connectivity index (χ3v) is 3.69. The van der Waals surface area contributed by atoms with Gasteiger partial charge in [0.1, 0.15) is 0 Å². The molecule has 4 nitrogen and oxygen atoms in total. The monoisotopic (exact) mass is 339 g/mol. The van der Waals surface area contributed by atoms with Gasteiger partial charge in [0, 0.05) is 12.6 Å². The van der Waals surface area contributed by atoms with E-state index in [1.807, 2.05) is 63.2 Å². The van der Waals surface area contributed by atoms with Crippen molar-refractivity contribution < 1.29 is 14.3 Å². The molecular formula is C21H25NO3. The van der Waals surface area contributed by atoms with Gasteiger partial charge in [-0.3, -0.25) is 4.79 Å². The Labute approximate surface area is 149 Å². The molecule has 132 valence electrons. The predicted octanol–water partition coefficient (Wildman–Crippen LogP) is 4.12. The van der Waals surface area contributed by atoms with Crippen LogP contribution in [0.25, 0.3) is 6.08 Å². The number of carbonyl (C=O) groups excluding carboxylic acids is 1. The average Bonchev–Trinajstić information content (AvgIpc) is 2.59. The minimum Gasteiger partial charge on any atom is -0.493 e. The minimum absolute atomic E-state index is 0.0718. The van der Waals surface area contributed by atoms with Crippen LogP contribution in [0.3, 0.4) is 0 Å². The lowest BCUT2D eigenvalue weighted by atomic mass is 10.1. The number of ether oxygens (including phenoxy) is 2. The Bertz CT molecular complexity index is 751. The number of amides is 1. The van der Waals surface area contributed by atoms with Gasteiger partial charge in [0.2, 0.25) is 5.91 Å². The van der Waals surface area contributed by atoms with Crippen molar-refractivity contribution in [2.45, 2.75) is 33.4 Å². The Kier molecular flexibility index (Phi) is 6.63. The number of methoxy groups -OCH3 is 1. The van der Waals surface area contributed by atoms with Crippen LogP contribution in [0.5, 0.6) is 11.5 Å². The van der Waals surface area contributed by atoms with E-state index in [2.05, 4.69) is 5.32 Å². The summed E-state index contributed by atoms with van der Waals surface area (Å²) in [6.45, 7) is 6.48. The lowest BCUT2D eigenvalue weighted by Gasteiger charge is -2.13. The first-order chi connectivity index (χ1) is 12.0. The summed E-state index contributed by atoms with van der Waals surface area (Å²) < 4.78 is 11.0. The molecule has 2 aromatic carbocycles. The molecule has 1 N–H and O–H groups in total. The van der Waals surface area contributed by atoms with E-state index in [1.165, 1.54) is 6.08 Å². The van der Waals surface area contributed by atoms with Crippen molar-refractivity contribution in [2.24, 2.45) is 0 Å². The largest absolute Gasteiger partial charge is 0.493 e. The smallest absolute Gasteiger partial charge is 0.244 e. The molecule has 4 heteroatoms. The van der Waals surface area contributed by atoms with Gasteiger partial charge in [0.15, 0.2) is 11.5 Å². The molecule has 0 aliphatic carbocycles. The summed E-state index contributed by atoms with van der Waals surface area (Å²) in [7, 11) is 1.60. The zero-order valence-corrected chi connectivity index (χ0v) is 15.2. The molecule has 0 saturated heterocycles. The first kappa shape index (κ1) is 18.6. The highest BCUT2D eigenvalue weighted by molar-refractivity contribution is 5.91. The van der Waals surface area contributed by atoms with Gasteiger partial charge in [0.25, 0.3) is 0 Å². The first-order valence-electron chi connectivity index (χ1n) is 8.34. The average molecular weight is 339 g/mol. The van der Waals surface area contributed by atoms with Crippen LogP contribution < -0.4 is 14.8 Å². The van der Waals surface area contributed by atoms with Crippen LogP contribution in [0.15, 0.2) is 48.5 Å². The van der Waals surface area contributed by atoms with Crippen LogP contribution in [0.1, 0.15) is 30.5 Å². The summed E-state index contributed by atoms with van der Waals surface area (Å²) in [5, 5.41) is 2.89. The number of hydrogen-bond acceptors (Lipinski definition) is 3. The fraction of sp³-hybridized carbons (Fsp3) is 0.286. The van der Waals surface area contributed by atoms with Crippen LogP contribution in [0, 0.1) is 6.92 Å². The van der Waals surface area contributed by atoms with Gasteiger partial charge in [0.05, 0.1) is 13.2 Å². The molecule has 0 bridgehead atoms. The number of rotatable bonds is 7. The molecule has 0 unspecified atom stereocenters. The third kappa shape index (κ3) is 5.68.